The summed E-state index contributed by atoms with van der Waals surface area (Å²) < 4.78 is 4.89. The summed E-state index contributed by atoms with van der Waals surface area (Å²) in [4.78, 5) is 11.2. The van der Waals surface area contributed by atoms with Crippen LogP contribution >= 0.6 is 0 Å². The summed E-state index contributed by atoms with van der Waals surface area (Å²) in [7, 11) is 0. The third kappa shape index (κ3) is 3.96. The first-order valence-corrected chi connectivity index (χ1v) is 7.02. The smallest absolute Gasteiger partial charge is 0.307 e. The molecule has 1 aliphatic heterocycles. The van der Waals surface area contributed by atoms with Crippen molar-refractivity contribution in [2.75, 3.05) is 25.0 Å². The number of rotatable bonds is 6. The molecule has 0 saturated heterocycles. The van der Waals surface area contributed by atoms with E-state index in [1.807, 2.05) is 6.92 Å². The minimum atomic E-state index is -0.136. The lowest BCUT2D eigenvalue weighted by molar-refractivity contribution is -0.142. The molecular weight excluding hydrogens is 240 g/mol. The van der Waals surface area contributed by atoms with Crippen molar-refractivity contribution in [3.8, 4) is 0 Å². The summed E-state index contributed by atoms with van der Waals surface area (Å²) >= 11 is 0. The quantitative estimate of drug-likeness (QED) is 0.609. The summed E-state index contributed by atoms with van der Waals surface area (Å²) in [5, 5.41) is 6.77. The molecule has 0 unspecified atom stereocenters. The lowest BCUT2D eigenvalue weighted by atomic mass is 9.99. The van der Waals surface area contributed by atoms with Crippen molar-refractivity contribution in [2.24, 2.45) is 0 Å². The molecule has 1 aromatic carbocycles. The van der Waals surface area contributed by atoms with Crippen molar-refractivity contribution in [1.82, 2.24) is 5.32 Å². The van der Waals surface area contributed by atoms with Crippen molar-refractivity contribution >= 4 is 11.7 Å². The summed E-state index contributed by atoms with van der Waals surface area (Å²) in [5.74, 6) is -0.136. The van der Waals surface area contributed by atoms with Gasteiger partial charge in [0.2, 0.25) is 0 Å². The molecule has 0 amide bonds. The second-order valence-electron chi connectivity index (χ2n) is 4.71. The van der Waals surface area contributed by atoms with Crippen LogP contribution in [0.15, 0.2) is 18.2 Å². The van der Waals surface area contributed by atoms with E-state index in [1.54, 1.807) is 0 Å². The standard InChI is InChI=1S/C15H22N2O2/c1-2-19-14(18)8-10-16-11-13-6-3-5-12-7-4-9-17-15(12)13/h3,5-6,16-17H,2,4,7-11H2,1H3. The Labute approximate surface area is 114 Å². The highest BCUT2D eigenvalue weighted by atomic mass is 16.5. The molecule has 0 spiro atoms. The fourth-order valence-electron chi connectivity index (χ4n) is 2.37. The molecular formula is C15H22N2O2. The van der Waals surface area contributed by atoms with E-state index in [9.17, 15) is 4.79 Å². The lowest BCUT2D eigenvalue weighted by Crippen LogP contribution is -2.21. The van der Waals surface area contributed by atoms with Gasteiger partial charge in [-0.3, -0.25) is 4.79 Å². The molecule has 4 nitrogen and oxygen atoms in total. The van der Waals surface area contributed by atoms with Crippen molar-refractivity contribution in [2.45, 2.75) is 32.7 Å². The number of carbonyl (C=O) groups excluding carboxylic acids is 1. The van der Waals surface area contributed by atoms with Crippen LogP contribution in [0.25, 0.3) is 0 Å². The highest BCUT2D eigenvalue weighted by Gasteiger charge is 2.11. The number of anilines is 1. The van der Waals surface area contributed by atoms with E-state index in [-0.39, 0.29) is 5.97 Å². The van der Waals surface area contributed by atoms with Crippen molar-refractivity contribution in [1.29, 1.82) is 0 Å². The van der Waals surface area contributed by atoms with Gasteiger partial charge in [0, 0.05) is 25.3 Å². The van der Waals surface area contributed by atoms with Crippen LogP contribution < -0.4 is 10.6 Å². The Morgan fingerprint density at radius 2 is 2.37 bits per heavy atom. The SMILES string of the molecule is CCOC(=O)CCNCc1cccc2c1NCCC2. The Balaban J connectivity index is 1.81. The van der Waals surface area contributed by atoms with Crippen molar-refractivity contribution < 1.29 is 9.53 Å². The van der Waals surface area contributed by atoms with Gasteiger partial charge in [0.1, 0.15) is 0 Å². The molecule has 1 heterocycles. The van der Waals surface area contributed by atoms with Crippen LogP contribution in [0.3, 0.4) is 0 Å². The molecule has 0 aliphatic carbocycles. The van der Waals surface area contributed by atoms with Gasteiger partial charge >= 0.3 is 5.97 Å². The van der Waals surface area contributed by atoms with Crippen LogP contribution in [0.1, 0.15) is 30.9 Å². The molecule has 2 rings (SSSR count). The molecule has 0 fully saturated rings. The second kappa shape index (κ2) is 7.14. The highest BCUT2D eigenvalue weighted by Crippen LogP contribution is 2.25. The van der Waals surface area contributed by atoms with Crippen LogP contribution in [0.5, 0.6) is 0 Å². The monoisotopic (exact) mass is 262 g/mol. The molecule has 104 valence electrons. The predicted molar refractivity (Wildman–Crippen MR) is 76.2 cm³/mol. The van der Waals surface area contributed by atoms with E-state index >= 15 is 0 Å². The fraction of sp³-hybridized carbons (Fsp3) is 0.533. The summed E-state index contributed by atoms with van der Waals surface area (Å²) in [6.07, 6.45) is 2.78. The summed E-state index contributed by atoms with van der Waals surface area (Å²) in [6.45, 7) is 4.77. The first-order chi connectivity index (χ1) is 9.31. The third-order valence-electron chi connectivity index (χ3n) is 3.29. The number of ether oxygens (including phenoxy) is 1. The van der Waals surface area contributed by atoms with E-state index in [2.05, 4.69) is 28.8 Å². The van der Waals surface area contributed by atoms with E-state index < -0.39 is 0 Å². The van der Waals surface area contributed by atoms with Gasteiger partial charge in [0.25, 0.3) is 0 Å². The second-order valence-corrected chi connectivity index (χ2v) is 4.71. The number of fused-ring (bicyclic) bond motifs is 1. The van der Waals surface area contributed by atoms with Gasteiger partial charge in [-0.25, -0.2) is 0 Å². The number of nitrogens with one attached hydrogen (secondary N) is 2. The number of hydrogen-bond donors (Lipinski definition) is 2. The maximum absolute atomic E-state index is 11.2. The van der Waals surface area contributed by atoms with Gasteiger partial charge < -0.3 is 15.4 Å². The van der Waals surface area contributed by atoms with E-state index in [1.165, 1.54) is 23.2 Å². The molecule has 0 saturated carbocycles. The Hall–Kier alpha value is -1.55. The maximum atomic E-state index is 11.2. The molecule has 19 heavy (non-hydrogen) atoms. The molecule has 4 heteroatoms. The fourth-order valence-corrected chi connectivity index (χ4v) is 2.37. The van der Waals surface area contributed by atoms with E-state index in [0.717, 1.165) is 19.5 Å². The van der Waals surface area contributed by atoms with Crippen molar-refractivity contribution in [3.63, 3.8) is 0 Å². The number of benzene rings is 1. The summed E-state index contributed by atoms with van der Waals surface area (Å²) in [6, 6.07) is 6.42. The van der Waals surface area contributed by atoms with Gasteiger partial charge in [-0.05, 0) is 30.9 Å². The van der Waals surface area contributed by atoms with Crippen LogP contribution in [-0.2, 0) is 22.5 Å². The van der Waals surface area contributed by atoms with E-state index in [0.29, 0.717) is 19.6 Å². The van der Waals surface area contributed by atoms with Gasteiger partial charge in [-0.15, -0.1) is 0 Å². The molecule has 1 aliphatic rings. The minimum absolute atomic E-state index is 0.136. The molecule has 2 N–H and O–H groups in total. The minimum Gasteiger partial charge on any atom is -0.466 e. The zero-order valence-electron chi connectivity index (χ0n) is 11.5. The Bertz CT molecular complexity index is 432. The topological polar surface area (TPSA) is 50.4 Å². The lowest BCUT2D eigenvalue weighted by Gasteiger charge is -2.21. The molecule has 0 aromatic heterocycles. The van der Waals surface area contributed by atoms with Gasteiger partial charge in [0.05, 0.1) is 13.0 Å². The number of esters is 1. The highest BCUT2D eigenvalue weighted by molar-refractivity contribution is 5.69. The average molecular weight is 262 g/mol. The predicted octanol–water partition coefficient (Wildman–Crippen LogP) is 2.09. The zero-order chi connectivity index (χ0) is 13.5. The van der Waals surface area contributed by atoms with Crippen LogP contribution in [-0.4, -0.2) is 25.7 Å². The van der Waals surface area contributed by atoms with Gasteiger partial charge in [-0.1, -0.05) is 18.2 Å². The number of carbonyl (C=O) groups is 1. The van der Waals surface area contributed by atoms with Crippen LogP contribution in [0.2, 0.25) is 0 Å². The normalized spacial score (nSPS) is 13.5. The zero-order valence-corrected chi connectivity index (χ0v) is 11.5. The average Bonchev–Trinajstić information content (AvgIpc) is 2.44. The summed E-state index contributed by atoms with van der Waals surface area (Å²) in [5.41, 5.74) is 3.95. The number of aryl methyl sites for hydroxylation is 1. The third-order valence-corrected chi connectivity index (χ3v) is 3.29. The first-order valence-electron chi connectivity index (χ1n) is 7.02. The Morgan fingerprint density at radius 1 is 1.47 bits per heavy atom. The van der Waals surface area contributed by atoms with Crippen molar-refractivity contribution in [3.05, 3.63) is 29.3 Å². The van der Waals surface area contributed by atoms with E-state index in [4.69, 9.17) is 4.74 Å². The Kier molecular flexibility index (Phi) is 5.21. The first kappa shape index (κ1) is 13.9. The largest absolute Gasteiger partial charge is 0.466 e. The molecule has 0 atom stereocenters. The Morgan fingerprint density at radius 3 is 3.21 bits per heavy atom. The van der Waals surface area contributed by atoms with Crippen LogP contribution in [0.4, 0.5) is 5.69 Å². The maximum Gasteiger partial charge on any atom is 0.307 e. The van der Waals surface area contributed by atoms with Crippen LogP contribution in [0, 0.1) is 0 Å². The molecule has 1 aromatic rings. The molecule has 0 radical (unpaired) electrons. The molecule has 0 bridgehead atoms. The van der Waals surface area contributed by atoms with Gasteiger partial charge in [0.15, 0.2) is 0 Å². The van der Waals surface area contributed by atoms with Gasteiger partial charge in [-0.2, -0.15) is 0 Å². The number of para-hydroxylation sites is 1. The number of hydrogen-bond acceptors (Lipinski definition) is 4.